The third kappa shape index (κ3) is 3.08. The van der Waals surface area contributed by atoms with Gasteiger partial charge in [-0.1, -0.05) is 18.2 Å². The summed E-state index contributed by atoms with van der Waals surface area (Å²) in [7, 11) is 4.57. The van der Waals surface area contributed by atoms with Crippen molar-refractivity contribution in [3.63, 3.8) is 0 Å². The summed E-state index contributed by atoms with van der Waals surface area (Å²) in [6.45, 7) is 0.271. The molecule has 1 aliphatic heterocycles. The maximum Gasteiger partial charge on any atom is 0.203 e. The number of hydrogen-bond donors (Lipinski definition) is 1. The highest BCUT2D eigenvalue weighted by Crippen LogP contribution is 2.38. The number of hydrogen-bond acceptors (Lipinski definition) is 6. The topological polar surface area (TPSA) is 71.0 Å². The number of para-hydroxylation sites is 1. The van der Waals surface area contributed by atoms with E-state index in [1.54, 1.807) is 12.1 Å². The van der Waals surface area contributed by atoms with E-state index in [9.17, 15) is 4.79 Å². The molecule has 1 N–H and O–H groups in total. The van der Waals surface area contributed by atoms with Gasteiger partial charge in [0, 0.05) is 11.8 Å². The van der Waals surface area contributed by atoms with Crippen molar-refractivity contribution in [2.75, 3.05) is 27.9 Å². The highest BCUT2D eigenvalue weighted by atomic mass is 16.5. The molecule has 0 aliphatic carbocycles. The molecule has 1 saturated heterocycles. The van der Waals surface area contributed by atoms with Crippen LogP contribution in [-0.2, 0) is 4.74 Å². The fourth-order valence-corrected chi connectivity index (χ4v) is 3.50. The van der Waals surface area contributed by atoms with E-state index in [2.05, 4.69) is 5.32 Å². The molecule has 2 heterocycles. The van der Waals surface area contributed by atoms with Gasteiger partial charge in [-0.15, -0.1) is 0 Å². The molecule has 0 spiro atoms. The molecular weight excluding hydrogens is 360 g/mol. The fraction of sp³-hybridized carbons (Fsp3) is 0.286. The number of carbonyl (C=O) groups is 1. The summed E-state index contributed by atoms with van der Waals surface area (Å²) >= 11 is 0. The van der Waals surface area contributed by atoms with E-state index in [0.29, 0.717) is 22.8 Å². The fourth-order valence-electron chi connectivity index (χ4n) is 3.50. The molecule has 4 rings (SSSR count). The third-order valence-electron chi connectivity index (χ3n) is 4.91. The molecule has 0 bridgehead atoms. The summed E-state index contributed by atoms with van der Waals surface area (Å²) in [5, 5.41) is 4.38. The maximum atomic E-state index is 13.1. The third-order valence-corrected chi connectivity index (χ3v) is 4.91. The van der Waals surface area contributed by atoms with Crippen LogP contribution in [0.3, 0.4) is 0 Å². The summed E-state index contributed by atoms with van der Waals surface area (Å²) in [6, 6.07) is 12.9. The van der Waals surface area contributed by atoms with Crippen LogP contribution in [0.2, 0.25) is 0 Å². The van der Waals surface area contributed by atoms with Crippen LogP contribution >= 0.6 is 0 Å². The van der Waals surface area contributed by atoms with Gasteiger partial charge in [0.1, 0.15) is 0 Å². The van der Waals surface area contributed by atoms with Crippen molar-refractivity contribution in [1.82, 2.24) is 9.88 Å². The van der Waals surface area contributed by atoms with Crippen molar-refractivity contribution >= 4 is 16.7 Å². The van der Waals surface area contributed by atoms with Crippen molar-refractivity contribution < 1.29 is 23.7 Å². The highest BCUT2D eigenvalue weighted by molar-refractivity contribution is 6.01. The predicted octanol–water partition coefficient (Wildman–Crippen LogP) is 2.99. The second-order valence-corrected chi connectivity index (χ2v) is 6.47. The summed E-state index contributed by atoms with van der Waals surface area (Å²) in [5.74, 6) is 1.24. The molecule has 0 radical (unpaired) electrons. The number of aromatic nitrogens is 1. The van der Waals surface area contributed by atoms with Crippen LogP contribution in [-0.4, -0.2) is 44.3 Å². The van der Waals surface area contributed by atoms with Crippen molar-refractivity contribution in [2.45, 2.75) is 12.4 Å². The zero-order valence-corrected chi connectivity index (χ0v) is 16.0. The first-order chi connectivity index (χ1) is 13.7. The van der Waals surface area contributed by atoms with Crippen molar-refractivity contribution in [3.05, 3.63) is 54.2 Å². The normalized spacial score (nSPS) is 19.0. The molecule has 28 heavy (non-hydrogen) atoms. The highest BCUT2D eigenvalue weighted by Gasteiger charge is 2.32. The second kappa shape index (κ2) is 7.53. The summed E-state index contributed by atoms with van der Waals surface area (Å²) in [6.07, 6.45) is 1.55. The molecule has 1 aromatic heterocycles. The van der Waals surface area contributed by atoms with E-state index in [4.69, 9.17) is 18.9 Å². The number of benzene rings is 2. The lowest BCUT2D eigenvalue weighted by atomic mass is 10.0. The zero-order valence-electron chi connectivity index (χ0n) is 16.0. The molecule has 3 aromatic rings. The first-order valence-electron chi connectivity index (χ1n) is 8.93. The molecule has 0 amide bonds. The largest absolute Gasteiger partial charge is 0.493 e. The van der Waals surface area contributed by atoms with Crippen LogP contribution in [0.1, 0.15) is 16.7 Å². The van der Waals surface area contributed by atoms with Crippen LogP contribution in [0.5, 0.6) is 17.2 Å². The van der Waals surface area contributed by atoms with Gasteiger partial charge in [0.05, 0.1) is 39.5 Å². The SMILES string of the molecule is COc1cc(C(=O)C2COC(n3ccc4ccccc43)N2)cc(OC)c1OC. The number of Topliss-reactive ketones (excluding diaryl/α,β-unsaturated/α-hetero) is 1. The molecular formula is C21H22N2O5. The second-order valence-electron chi connectivity index (χ2n) is 6.47. The van der Waals surface area contributed by atoms with Crippen LogP contribution in [0.25, 0.3) is 10.9 Å². The van der Waals surface area contributed by atoms with Crippen LogP contribution in [0.4, 0.5) is 0 Å². The van der Waals surface area contributed by atoms with Crippen molar-refractivity contribution in [3.8, 4) is 17.2 Å². The molecule has 0 saturated carbocycles. The van der Waals surface area contributed by atoms with E-state index in [-0.39, 0.29) is 12.4 Å². The van der Waals surface area contributed by atoms with Gasteiger partial charge >= 0.3 is 0 Å². The Hall–Kier alpha value is -3.03. The summed E-state index contributed by atoms with van der Waals surface area (Å²) < 4.78 is 23.9. The lowest BCUT2D eigenvalue weighted by molar-refractivity contribution is 0.0475. The Labute approximate surface area is 162 Å². The predicted molar refractivity (Wildman–Crippen MR) is 104 cm³/mol. The summed E-state index contributed by atoms with van der Waals surface area (Å²) in [4.78, 5) is 13.1. The quantitative estimate of drug-likeness (QED) is 0.661. The Bertz CT molecular complexity index is 988. The first kappa shape index (κ1) is 18.3. The van der Waals surface area contributed by atoms with Gasteiger partial charge in [-0.3, -0.25) is 10.1 Å². The van der Waals surface area contributed by atoms with Crippen LogP contribution < -0.4 is 19.5 Å². The average Bonchev–Trinajstić information content (AvgIpc) is 3.38. The molecule has 7 nitrogen and oxygen atoms in total. The Kier molecular flexibility index (Phi) is 4.93. The van der Waals surface area contributed by atoms with Crippen LogP contribution in [0, 0.1) is 0 Å². The van der Waals surface area contributed by atoms with Crippen molar-refractivity contribution in [2.24, 2.45) is 0 Å². The van der Waals surface area contributed by atoms with E-state index >= 15 is 0 Å². The number of ketones is 1. The smallest absolute Gasteiger partial charge is 0.203 e. The van der Waals surface area contributed by atoms with Gasteiger partial charge < -0.3 is 23.5 Å². The van der Waals surface area contributed by atoms with Gasteiger partial charge in [-0.2, -0.15) is 0 Å². The molecule has 1 fully saturated rings. The van der Waals surface area contributed by atoms with E-state index < -0.39 is 12.4 Å². The van der Waals surface area contributed by atoms with Gasteiger partial charge in [0.2, 0.25) is 5.75 Å². The Morgan fingerprint density at radius 3 is 2.46 bits per heavy atom. The first-order valence-corrected chi connectivity index (χ1v) is 8.93. The minimum atomic E-state index is -0.478. The number of fused-ring (bicyclic) bond motifs is 1. The standard InChI is InChI=1S/C21H22N2O5/c1-25-17-10-14(11-18(26-2)20(17)27-3)19(24)15-12-28-21(22-15)23-9-8-13-6-4-5-7-16(13)23/h4-11,15,21-22H,12H2,1-3H3. The number of rotatable bonds is 6. The molecule has 7 heteroatoms. The van der Waals surface area contributed by atoms with Gasteiger partial charge in [-0.25, -0.2) is 0 Å². The number of carbonyl (C=O) groups excluding carboxylic acids is 1. The Morgan fingerprint density at radius 2 is 1.79 bits per heavy atom. The lowest BCUT2D eigenvalue weighted by Crippen LogP contribution is -2.35. The summed E-state index contributed by atoms with van der Waals surface area (Å²) in [5.41, 5.74) is 1.51. The van der Waals surface area contributed by atoms with Crippen LogP contribution in [0.15, 0.2) is 48.7 Å². The van der Waals surface area contributed by atoms with E-state index in [1.807, 2.05) is 41.1 Å². The lowest BCUT2D eigenvalue weighted by Gasteiger charge is -2.16. The van der Waals surface area contributed by atoms with Gasteiger partial charge in [0.15, 0.2) is 23.6 Å². The minimum Gasteiger partial charge on any atom is -0.493 e. The zero-order chi connectivity index (χ0) is 19.7. The number of methoxy groups -OCH3 is 3. The molecule has 1 aliphatic rings. The van der Waals surface area contributed by atoms with E-state index in [1.165, 1.54) is 21.3 Å². The van der Waals surface area contributed by atoms with Crippen molar-refractivity contribution in [1.29, 1.82) is 0 Å². The Balaban J connectivity index is 1.58. The minimum absolute atomic E-state index is 0.0989. The molecule has 146 valence electrons. The number of nitrogens with zero attached hydrogens (tertiary/aromatic N) is 1. The van der Waals surface area contributed by atoms with Gasteiger partial charge in [0.25, 0.3) is 0 Å². The number of ether oxygens (including phenoxy) is 4. The molecule has 2 atom stereocenters. The maximum absolute atomic E-state index is 13.1. The molecule has 2 unspecified atom stereocenters. The Morgan fingerprint density at radius 1 is 1.07 bits per heavy atom. The monoisotopic (exact) mass is 382 g/mol. The number of nitrogens with one attached hydrogen (secondary N) is 1. The molecule has 2 aromatic carbocycles. The van der Waals surface area contributed by atoms with Gasteiger partial charge in [-0.05, 0) is 29.7 Å². The van der Waals surface area contributed by atoms with E-state index in [0.717, 1.165) is 10.9 Å². The average molecular weight is 382 g/mol.